The van der Waals surface area contributed by atoms with Crippen LogP contribution in [0.5, 0.6) is 0 Å². The minimum Gasteiger partial charge on any atom is -0.326 e. The number of aromatic nitrogens is 4. The van der Waals surface area contributed by atoms with Crippen LogP contribution in [-0.2, 0) is 6.54 Å². The third-order valence-corrected chi connectivity index (χ3v) is 4.86. The number of halogens is 1. The van der Waals surface area contributed by atoms with Crippen molar-refractivity contribution >= 4 is 10.9 Å². The van der Waals surface area contributed by atoms with Crippen LogP contribution in [0.3, 0.4) is 0 Å². The molecule has 0 unspecified atom stereocenters. The first-order valence-corrected chi connectivity index (χ1v) is 9.06. The van der Waals surface area contributed by atoms with Crippen molar-refractivity contribution in [3.8, 4) is 22.5 Å². The zero-order valence-corrected chi connectivity index (χ0v) is 15.0. The number of nitrogens with zero attached hydrogens (tertiary/aromatic N) is 3. The summed E-state index contributed by atoms with van der Waals surface area (Å²) >= 11 is 0. The summed E-state index contributed by atoms with van der Waals surface area (Å²) in [5.74, 6) is -0.256. The first-order valence-electron chi connectivity index (χ1n) is 9.06. The van der Waals surface area contributed by atoms with E-state index in [0.717, 1.165) is 33.4 Å². The molecule has 3 aromatic carbocycles. The van der Waals surface area contributed by atoms with Gasteiger partial charge in [-0.15, -0.1) is 0 Å². The fourth-order valence-corrected chi connectivity index (χ4v) is 3.49. The molecule has 0 bridgehead atoms. The quantitative estimate of drug-likeness (QED) is 0.469. The van der Waals surface area contributed by atoms with Crippen LogP contribution in [0.1, 0.15) is 5.56 Å². The van der Waals surface area contributed by atoms with Crippen LogP contribution in [-0.4, -0.2) is 19.7 Å². The fourth-order valence-electron chi connectivity index (χ4n) is 3.49. The molecule has 1 N–H and O–H groups in total. The lowest BCUT2D eigenvalue weighted by Crippen LogP contribution is -2.01. The van der Waals surface area contributed by atoms with Gasteiger partial charge in [0, 0.05) is 23.1 Å². The van der Waals surface area contributed by atoms with Crippen LogP contribution >= 0.6 is 0 Å². The molecule has 0 amide bonds. The second kappa shape index (κ2) is 6.78. The Kier molecular flexibility index (Phi) is 3.98. The maximum Gasteiger partial charge on any atom is 0.123 e. The van der Waals surface area contributed by atoms with Gasteiger partial charge in [-0.2, -0.15) is 5.10 Å². The van der Waals surface area contributed by atoms with E-state index in [0.29, 0.717) is 6.54 Å². The molecule has 0 saturated carbocycles. The van der Waals surface area contributed by atoms with Gasteiger partial charge >= 0.3 is 0 Å². The Morgan fingerprint density at radius 2 is 1.68 bits per heavy atom. The van der Waals surface area contributed by atoms with Crippen molar-refractivity contribution in [3.63, 3.8) is 0 Å². The van der Waals surface area contributed by atoms with Gasteiger partial charge in [-0.1, -0.05) is 36.4 Å². The van der Waals surface area contributed by atoms with E-state index >= 15 is 0 Å². The van der Waals surface area contributed by atoms with Gasteiger partial charge < -0.3 is 4.57 Å². The number of rotatable bonds is 4. The summed E-state index contributed by atoms with van der Waals surface area (Å²) in [6.07, 6.45) is 3.66. The second-order valence-electron chi connectivity index (χ2n) is 6.73. The molecule has 0 fully saturated rings. The van der Waals surface area contributed by atoms with E-state index in [1.54, 1.807) is 12.1 Å². The highest BCUT2D eigenvalue weighted by atomic mass is 19.1. The van der Waals surface area contributed by atoms with Gasteiger partial charge in [0.05, 0.1) is 29.4 Å². The van der Waals surface area contributed by atoms with Gasteiger partial charge in [-0.25, -0.2) is 9.37 Å². The van der Waals surface area contributed by atoms with Crippen molar-refractivity contribution in [2.24, 2.45) is 0 Å². The highest BCUT2D eigenvalue weighted by molar-refractivity contribution is 5.87. The summed E-state index contributed by atoms with van der Waals surface area (Å²) in [6, 6.07) is 22.9. The maximum atomic E-state index is 13.4. The molecule has 0 aliphatic rings. The number of benzene rings is 3. The molecule has 0 radical (unpaired) electrons. The van der Waals surface area contributed by atoms with Crippen molar-refractivity contribution in [2.75, 3.05) is 0 Å². The van der Waals surface area contributed by atoms with E-state index in [9.17, 15) is 4.39 Å². The molecular formula is C23H17FN4. The molecule has 5 heteroatoms. The SMILES string of the molecule is Fc1ccc(-c2ncn(Cc3ccccc3)c2-c2ccc3[nH]ncc3c2)cc1. The maximum absolute atomic E-state index is 13.4. The molecule has 2 heterocycles. The van der Waals surface area contributed by atoms with Crippen LogP contribution in [0, 0.1) is 5.82 Å². The second-order valence-corrected chi connectivity index (χ2v) is 6.73. The summed E-state index contributed by atoms with van der Waals surface area (Å²) < 4.78 is 15.6. The first-order chi connectivity index (χ1) is 13.8. The van der Waals surface area contributed by atoms with Gasteiger partial charge in [0.1, 0.15) is 5.82 Å². The average molecular weight is 368 g/mol. The summed E-state index contributed by atoms with van der Waals surface area (Å²) in [5.41, 5.74) is 5.94. The van der Waals surface area contributed by atoms with Crippen molar-refractivity contribution in [2.45, 2.75) is 6.54 Å². The summed E-state index contributed by atoms with van der Waals surface area (Å²) in [6.45, 7) is 0.702. The molecular weight excluding hydrogens is 351 g/mol. The number of nitrogens with one attached hydrogen (secondary N) is 1. The molecule has 28 heavy (non-hydrogen) atoms. The molecule has 0 saturated heterocycles. The summed E-state index contributed by atoms with van der Waals surface area (Å²) in [5, 5.41) is 8.14. The number of fused-ring (bicyclic) bond motifs is 1. The van der Waals surface area contributed by atoms with Gasteiger partial charge in [0.25, 0.3) is 0 Å². The Bertz CT molecular complexity index is 1240. The van der Waals surface area contributed by atoms with Gasteiger partial charge in [-0.3, -0.25) is 5.10 Å². The normalized spacial score (nSPS) is 11.2. The standard InChI is InChI=1S/C23H17FN4/c24-20-9-6-17(7-10-20)22-23(18-8-11-21-19(12-18)13-26-27-21)28(15-25-22)14-16-4-2-1-3-5-16/h1-13,15H,14H2,(H,26,27). The van der Waals surface area contributed by atoms with Crippen molar-refractivity contribution < 1.29 is 4.39 Å². The summed E-state index contributed by atoms with van der Waals surface area (Å²) in [4.78, 5) is 4.67. The van der Waals surface area contributed by atoms with Crippen LogP contribution in [0.15, 0.2) is 85.3 Å². The topological polar surface area (TPSA) is 46.5 Å². The van der Waals surface area contributed by atoms with E-state index in [-0.39, 0.29) is 5.82 Å². The van der Waals surface area contributed by atoms with E-state index in [4.69, 9.17) is 0 Å². The van der Waals surface area contributed by atoms with E-state index in [2.05, 4.69) is 44.0 Å². The lowest BCUT2D eigenvalue weighted by Gasteiger charge is -2.11. The molecule has 0 atom stereocenters. The third kappa shape index (κ3) is 2.97. The molecule has 5 aromatic rings. The van der Waals surface area contributed by atoms with Crippen molar-refractivity contribution in [1.82, 2.24) is 19.7 Å². The molecule has 0 aliphatic heterocycles. The highest BCUT2D eigenvalue weighted by Crippen LogP contribution is 2.33. The van der Waals surface area contributed by atoms with Gasteiger partial charge in [0.15, 0.2) is 0 Å². The van der Waals surface area contributed by atoms with Crippen molar-refractivity contribution in [3.05, 3.63) is 96.7 Å². The van der Waals surface area contributed by atoms with E-state index < -0.39 is 0 Å². The molecule has 2 aromatic heterocycles. The van der Waals surface area contributed by atoms with Gasteiger partial charge in [0.2, 0.25) is 0 Å². The minimum absolute atomic E-state index is 0.256. The molecule has 0 spiro atoms. The third-order valence-electron chi connectivity index (χ3n) is 4.86. The Balaban J connectivity index is 1.68. The van der Waals surface area contributed by atoms with E-state index in [1.807, 2.05) is 36.8 Å². The largest absolute Gasteiger partial charge is 0.326 e. The number of imidazole rings is 1. The smallest absolute Gasteiger partial charge is 0.123 e. The van der Waals surface area contributed by atoms with Crippen LogP contribution in [0.2, 0.25) is 0 Å². The zero-order chi connectivity index (χ0) is 18.9. The number of aromatic amines is 1. The minimum atomic E-state index is -0.256. The predicted molar refractivity (Wildman–Crippen MR) is 108 cm³/mol. The Hall–Kier alpha value is -3.73. The Morgan fingerprint density at radius 1 is 0.893 bits per heavy atom. The molecule has 0 aliphatic carbocycles. The number of H-pyrrole nitrogens is 1. The Morgan fingerprint density at radius 3 is 2.50 bits per heavy atom. The monoisotopic (exact) mass is 368 g/mol. The molecule has 5 rings (SSSR count). The van der Waals surface area contributed by atoms with Crippen molar-refractivity contribution in [1.29, 1.82) is 0 Å². The highest BCUT2D eigenvalue weighted by Gasteiger charge is 2.16. The van der Waals surface area contributed by atoms with Crippen LogP contribution in [0.4, 0.5) is 4.39 Å². The number of hydrogen-bond donors (Lipinski definition) is 1. The lowest BCUT2D eigenvalue weighted by molar-refractivity contribution is 0.628. The zero-order valence-electron chi connectivity index (χ0n) is 15.0. The average Bonchev–Trinajstić information content (AvgIpc) is 3.36. The van der Waals surface area contributed by atoms with Crippen LogP contribution < -0.4 is 0 Å². The van der Waals surface area contributed by atoms with E-state index in [1.165, 1.54) is 17.7 Å². The fraction of sp³-hybridized carbons (Fsp3) is 0.0435. The predicted octanol–water partition coefficient (Wildman–Crippen LogP) is 5.28. The lowest BCUT2D eigenvalue weighted by atomic mass is 10.0. The first kappa shape index (κ1) is 16.4. The van der Waals surface area contributed by atoms with Crippen LogP contribution in [0.25, 0.3) is 33.4 Å². The number of hydrogen-bond acceptors (Lipinski definition) is 2. The molecule has 4 nitrogen and oxygen atoms in total. The van der Waals surface area contributed by atoms with Gasteiger partial charge in [-0.05, 0) is 42.0 Å². The summed E-state index contributed by atoms with van der Waals surface area (Å²) in [7, 11) is 0. The molecule has 136 valence electrons. The Labute approximate surface area is 161 Å².